The molecular formula is C24H34Cl2Zr. The van der Waals surface area contributed by atoms with Crippen molar-refractivity contribution >= 4 is 0 Å². The molecule has 0 aromatic carbocycles. The van der Waals surface area contributed by atoms with Gasteiger partial charge >= 0.3 is 26.2 Å². The number of allylic oxidation sites excluding steroid dienone is 8. The van der Waals surface area contributed by atoms with E-state index < -0.39 is 0 Å². The number of halogens is 2. The van der Waals surface area contributed by atoms with Crippen molar-refractivity contribution in [2.45, 2.75) is 91.9 Å². The van der Waals surface area contributed by atoms with Crippen LogP contribution < -0.4 is 24.8 Å². The van der Waals surface area contributed by atoms with Crippen molar-refractivity contribution in [2.24, 2.45) is 10.8 Å². The summed E-state index contributed by atoms with van der Waals surface area (Å²) in [5.74, 6) is 0. The van der Waals surface area contributed by atoms with E-state index in [2.05, 4.69) is 52.0 Å². The topological polar surface area (TPSA) is 0 Å². The molecule has 3 heteroatoms. The zero-order valence-electron chi connectivity index (χ0n) is 17.5. The quantitative estimate of drug-likeness (QED) is 0.519. The number of rotatable bonds is 2. The molecule has 0 spiro atoms. The summed E-state index contributed by atoms with van der Waals surface area (Å²) in [4.78, 5) is 0. The molecule has 0 saturated heterocycles. The van der Waals surface area contributed by atoms with Crippen LogP contribution in [0.25, 0.3) is 0 Å². The zero-order valence-corrected chi connectivity index (χ0v) is 21.5. The standard InChI is InChI=1S/2C12H17.2ClH.Zr/c2*1-10-5-6-11(9-10)12(2)7-3-4-8-12;;;/h2*6H,3-5,7-8H2,1-2H3;2*1H;/q2*-1;;;+4/p-2. The van der Waals surface area contributed by atoms with Gasteiger partial charge in [-0.05, 0) is 36.5 Å². The Labute approximate surface area is 199 Å². The van der Waals surface area contributed by atoms with Crippen LogP contribution in [0.5, 0.6) is 0 Å². The number of hydrogen-bond acceptors (Lipinski definition) is 0. The molecule has 0 amide bonds. The fourth-order valence-electron chi connectivity index (χ4n) is 4.82. The van der Waals surface area contributed by atoms with Crippen LogP contribution in [0, 0.1) is 23.0 Å². The fraction of sp³-hybridized carbons (Fsp3) is 0.667. The molecule has 0 aliphatic heterocycles. The molecular weight excluding hydrogens is 450 g/mol. The van der Waals surface area contributed by atoms with Gasteiger partial charge in [-0.2, -0.15) is 11.1 Å². The van der Waals surface area contributed by atoms with Crippen LogP contribution in [0.1, 0.15) is 91.9 Å². The van der Waals surface area contributed by atoms with Crippen molar-refractivity contribution in [2.75, 3.05) is 0 Å². The minimum Gasteiger partial charge on any atom is -1.00 e. The van der Waals surface area contributed by atoms with Gasteiger partial charge in [0.1, 0.15) is 0 Å². The van der Waals surface area contributed by atoms with E-state index in [4.69, 9.17) is 0 Å². The summed E-state index contributed by atoms with van der Waals surface area (Å²) in [7, 11) is 0. The van der Waals surface area contributed by atoms with E-state index in [9.17, 15) is 0 Å². The predicted octanol–water partition coefficient (Wildman–Crippen LogP) is 1.30. The van der Waals surface area contributed by atoms with Gasteiger partial charge in [-0.25, -0.2) is 35.5 Å². The SMILES string of the molecule is CC1=[C-]C(C2(C)CCCC2)=CC1.CC1=[C-]C(C2(C)CCCC2)=CC1.[Cl-].[Cl-].[Zr+4]. The number of hydrogen-bond donors (Lipinski definition) is 0. The van der Waals surface area contributed by atoms with Gasteiger partial charge in [0.2, 0.25) is 0 Å². The molecule has 0 aromatic rings. The summed E-state index contributed by atoms with van der Waals surface area (Å²) in [5.41, 5.74) is 6.79. The Balaban J connectivity index is 0.000000451. The van der Waals surface area contributed by atoms with Gasteiger partial charge in [-0.15, -0.1) is 0 Å². The maximum atomic E-state index is 3.51. The Morgan fingerprint density at radius 1 is 0.667 bits per heavy atom. The third kappa shape index (κ3) is 6.72. The average molecular weight is 485 g/mol. The first-order valence-corrected chi connectivity index (χ1v) is 10.0. The molecule has 2 saturated carbocycles. The molecule has 0 atom stereocenters. The Morgan fingerprint density at radius 3 is 1.19 bits per heavy atom. The Morgan fingerprint density at radius 2 is 0.963 bits per heavy atom. The molecule has 0 aromatic heterocycles. The van der Waals surface area contributed by atoms with Crippen LogP contribution >= 0.6 is 0 Å². The van der Waals surface area contributed by atoms with Crippen LogP contribution in [0.4, 0.5) is 0 Å². The molecule has 0 unspecified atom stereocenters. The summed E-state index contributed by atoms with van der Waals surface area (Å²) in [6.45, 7) is 9.17. The van der Waals surface area contributed by atoms with Crippen LogP contribution in [0.2, 0.25) is 0 Å². The van der Waals surface area contributed by atoms with Gasteiger partial charge in [-0.3, -0.25) is 0 Å². The minimum atomic E-state index is 0. The predicted molar refractivity (Wildman–Crippen MR) is 103 cm³/mol. The molecule has 0 radical (unpaired) electrons. The van der Waals surface area contributed by atoms with Crippen molar-refractivity contribution in [3.05, 3.63) is 46.6 Å². The second-order valence-corrected chi connectivity index (χ2v) is 8.99. The van der Waals surface area contributed by atoms with Crippen molar-refractivity contribution in [3.8, 4) is 0 Å². The van der Waals surface area contributed by atoms with Crippen LogP contribution in [0.15, 0.2) is 34.4 Å². The van der Waals surface area contributed by atoms with Crippen LogP contribution in [-0.2, 0) is 26.2 Å². The summed E-state index contributed by atoms with van der Waals surface area (Å²) >= 11 is 0. The van der Waals surface area contributed by atoms with E-state index in [0.717, 1.165) is 12.8 Å². The van der Waals surface area contributed by atoms with E-state index in [0.29, 0.717) is 10.8 Å². The van der Waals surface area contributed by atoms with Crippen molar-refractivity contribution in [3.63, 3.8) is 0 Å². The second kappa shape index (κ2) is 11.6. The summed E-state index contributed by atoms with van der Waals surface area (Å²) in [6, 6.07) is 0. The first kappa shape index (κ1) is 27.4. The normalized spacial score (nSPS) is 24.1. The third-order valence-electron chi connectivity index (χ3n) is 6.64. The molecule has 0 heterocycles. The molecule has 4 aliphatic rings. The van der Waals surface area contributed by atoms with Crippen molar-refractivity contribution < 1.29 is 51.0 Å². The zero-order chi connectivity index (χ0) is 17.2. The molecule has 2 fully saturated rings. The van der Waals surface area contributed by atoms with Gasteiger partial charge in [-0.1, -0.05) is 66.2 Å². The summed E-state index contributed by atoms with van der Waals surface area (Å²) in [6.07, 6.45) is 25.2. The van der Waals surface area contributed by atoms with E-state index >= 15 is 0 Å². The van der Waals surface area contributed by atoms with Crippen LogP contribution in [-0.4, -0.2) is 0 Å². The van der Waals surface area contributed by atoms with Gasteiger partial charge in [0, 0.05) is 0 Å². The van der Waals surface area contributed by atoms with E-state index in [1.165, 1.54) is 73.7 Å². The summed E-state index contributed by atoms with van der Waals surface area (Å²) in [5, 5.41) is 0. The maximum absolute atomic E-state index is 3.51. The monoisotopic (exact) mass is 482 g/mol. The molecule has 4 aliphatic carbocycles. The smallest absolute Gasteiger partial charge is 1.00 e. The average Bonchev–Trinajstić information content (AvgIpc) is 3.29. The first-order chi connectivity index (χ1) is 11.4. The Bertz CT molecular complexity index is 544. The van der Waals surface area contributed by atoms with E-state index in [1.54, 1.807) is 0 Å². The van der Waals surface area contributed by atoms with Gasteiger partial charge in [0.25, 0.3) is 0 Å². The van der Waals surface area contributed by atoms with Crippen molar-refractivity contribution in [1.29, 1.82) is 0 Å². The van der Waals surface area contributed by atoms with Crippen molar-refractivity contribution in [1.82, 2.24) is 0 Å². The minimum absolute atomic E-state index is 0. The first-order valence-electron chi connectivity index (χ1n) is 10.0. The summed E-state index contributed by atoms with van der Waals surface area (Å²) < 4.78 is 0. The van der Waals surface area contributed by atoms with Gasteiger partial charge in [0.15, 0.2) is 0 Å². The second-order valence-electron chi connectivity index (χ2n) is 8.99. The molecule has 0 N–H and O–H groups in total. The third-order valence-corrected chi connectivity index (χ3v) is 6.64. The molecule has 0 nitrogen and oxygen atoms in total. The molecule has 4 rings (SSSR count). The fourth-order valence-corrected chi connectivity index (χ4v) is 4.82. The van der Waals surface area contributed by atoms with Crippen LogP contribution in [0.3, 0.4) is 0 Å². The molecule has 27 heavy (non-hydrogen) atoms. The Hall–Kier alpha value is 0.423. The van der Waals surface area contributed by atoms with E-state index in [-0.39, 0.29) is 51.0 Å². The molecule has 148 valence electrons. The van der Waals surface area contributed by atoms with E-state index in [1.807, 2.05) is 0 Å². The Kier molecular flexibility index (Phi) is 11.7. The molecule has 0 bridgehead atoms. The van der Waals surface area contributed by atoms with Gasteiger partial charge < -0.3 is 24.8 Å². The van der Waals surface area contributed by atoms with Gasteiger partial charge in [0.05, 0.1) is 0 Å². The largest absolute Gasteiger partial charge is 4.00 e. The maximum Gasteiger partial charge on any atom is 4.00 e.